The number of nitrogens with one attached hydrogen (secondary N) is 1. The van der Waals surface area contributed by atoms with Crippen LogP contribution in [0.1, 0.15) is 5.56 Å². The number of hydrogen-bond acceptors (Lipinski definition) is 3. The monoisotopic (exact) mass is 419 g/mol. The van der Waals surface area contributed by atoms with Gasteiger partial charge >= 0.3 is 0 Å². The van der Waals surface area contributed by atoms with Crippen molar-refractivity contribution in [1.29, 1.82) is 0 Å². The van der Waals surface area contributed by atoms with E-state index in [0.29, 0.717) is 28.0 Å². The molecule has 3 aromatic carbocycles. The van der Waals surface area contributed by atoms with Crippen LogP contribution < -0.4 is 14.8 Å². The summed E-state index contributed by atoms with van der Waals surface area (Å²) < 4.78 is 25.1. The molecule has 0 atom stereocenters. The highest BCUT2D eigenvalue weighted by Gasteiger charge is 2.14. The lowest BCUT2D eigenvalue weighted by molar-refractivity contribution is -0.115. The molecule has 0 aliphatic rings. The molecule has 28 heavy (non-hydrogen) atoms. The summed E-state index contributed by atoms with van der Waals surface area (Å²) in [6.07, 6.45) is -0.163. The Morgan fingerprint density at radius 1 is 0.964 bits per heavy atom. The number of amides is 1. The van der Waals surface area contributed by atoms with Gasteiger partial charge in [-0.05, 0) is 48.0 Å². The van der Waals surface area contributed by atoms with Crippen LogP contribution in [0.15, 0.2) is 60.7 Å². The van der Waals surface area contributed by atoms with Gasteiger partial charge in [0.1, 0.15) is 5.82 Å². The maximum atomic E-state index is 13.9. The zero-order valence-corrected chi connectivity index (χ0v) is 16.4. The van der Waals surface area contributed by atoms with Crippen molar-refractivity contribution in [3.05, 3.63) is 82.1 Å². The molecular weight excluding hydrogens is 404 g/mol. The summed E-state index contributed by atoms with van der Waals surface area (Å²) in [7, 11) is 1.54. The highest BCUT2D eigenvalue weighted by molar-refractivity contribution is 6.31. The van der Waals surface area contributed by atoms with Crippen molar-refractivity contribution in [2.45, 2.75) is 6.42 Å². The lowest BCUT2D eigenvalue weighted by atomic mass is 10.1. The number of rotatable bonds is 6. The number of anilines is 1. The molecule has 0 bridgehead atoms. The number of hydrogen-bond donors (Lipinski definition) is 1. The third kappa shape index (κ3) is 4.94. The summed E-state index contributed by atoms with van der Waals surface area (Å²) in [5, 5.41) is 3.40. The van der Waals surface area contributed by atoms with Crippen molar-refractivity contribution >= 4 is 34.8 Å². The summed E-state index contributed by atoms with van der Waals surface area (Å²) in [6, 6.07) is 16.1. The topological polar surface area (TPSA) is 47.6 Å². The van der Waals surface area contributed by atoms with Crippen LogP contribution in [-0.4, -0.2) is 13.0 Å². The molecular formula is C21H16Cl2FNO3. The van der Waals surface area contributed by atoms with Gasteiger partial charge in [-0.25, -0.2) is 4.39 Å². The van der Waals surface area contributed by atoms with Crippen LogP contribution in [0.25, 0.3) is 0 Å². The van der Waals surface area contributed by atoms with E-state index in [9.17, 15) is 9.18 Å². The van der Waals surface area contributed by atoms with E-state index in [2.05, 4.69) is 5.32 Å². The Kier molecular flexibility index (Phi) is 6.39. The first-order valence-electron chi connectivity index (χ1n) is 8.30. The van der Waals surface area contributed by atoms with Gasteiger partial charge in [-0.15, -0.1) is 0 Å². The number of benzene rings is 3. The van der Waals surface area contributed by atoms with Crippen LogP contribution in [-0.2, 0) is 11.2 Å². The first-order valence-corrected chi connectivity index (χ1v) is 9.06. The smallest absolute Gasteiger partial charge is 0.229 e. The van der Waals surface area contributed by atoms with Crippen LogP contribution in [0.3, 0.4) is 0 Å². The molecule has 4 nitrogen and oxygen atoms in total. The molecule has 0 radical (unpaired) electrons. The Morgan fingerprint density at radius 2 is 1.64 bits per heavy atom. The summed E-state index contributed by atoms with van der Waals surface area (Å²) in [6.45, 7) is 0. The minimum Gasteiger partial charge on any atom is -0.493 e. The van der Waals surface area contributed by atoms with E-state index >= 15 is 0 Å². The first kappa shape index (κ1) is 20.0. The predicted molar refractivity (Wildman–Crippen MR) is 108 cm³/mol. The second-order valence-electron chi connectivity index (χ2n) is 5.85. The highest BCUT2D eigenvalue weighted by atomic mass is 35.5. The molecule has 7 heteroatoms. The van der Waals surface area contributed by atoms with Gasteiger partial charge in [-0.3, -0.25) is 4.79 Å². The van der Waals surface area contributed by atoms with Crippen LogP contribution in [0.2, 0.25) is 10.0 Å². The summed E-state index contributed by atoms with van der Waals surface area (Å²) in [4.78, 5) is 12.4. The molecule has 0 saturated carbocycles. The number of carbonyl (C=O) groups is 1. The lowest BCUT2D eigenvalue weighted by Crippen LogP contribution is -2.15. The molecule has 0 heterocycles. The summed E-state index contributed by atoms with van der Waals surface area (Å²) in [5.74, 6) is 0.427. The molecule has 144 valence electrons. The van der Waals surface area contributed by atoms with E-state index in [1.54, 1.807) is 36.4 Å². The molecule has 0 saturated heterocycles. The number of halogens is 3. The van der Waals surface area contributed by atoms with E-state index in [1.165, 1.54) is 25.3 Å². The number of ether oxygens (including phenoxy) is 2. The average molecular weight is 420 g/mol. The van der Waals surface area contributed by atoms with Crippen molar-refractivity contribution in [3.63, 3.8) is 0 Å². The number of methoxy groups -OCH3 is 1. The molecule has 0 aliphatic carbocycles. The lowest BCUT2D eigenvalue weighted by Gasteiger charge is -2.15. The maximum absolute atomic E-state index is 13.9. The van der Waals surface area contributed by atoms with Gasteiger partial charge in [-0.1, -0.05) is 41.4 Å². The van der Waals surface area contributed by atoms with Crippen LogP contribution in [0.4, 0.5) is 10.1 Å². The van der Waals surface area contributed by atoms with Crippen LogP contribution in [0.5, 0.6) is 17.2 Å². The van der Waals surface area contributed by atoms with Gasteiger partial charge in [0, 0.05) is 10.0 Å². The second-order valence-corrected chi connectivity index (χ2v) is 6.73. The van der Waals surface area contributed by atoms with Gasteiger partial charge < -0.3 is 14.8 Å². The SMILES string of the molecule is COc1ccccc1Oc1ccc(Cl)cc1NC(=O)Cc1ccc(Cl)cc1F. The van der Waals surface area contributed by atoms with Crippen molar-refractivity contribution in [3.8, 4) is 17.2 Å². The molecule has 0 unspecified atom stereocenters. The van der Waals surface area contributed by atoms with Gasteiger partial charge in [0.15, 0.2) is 17.2 Å². The Hall–Kier alpha value is -2.76. The fraction of sp³-hybridized carbons (Fsp3) is 0.0952. The Morgan fingerprint density at radius 3 is 2.36 bits per heavy atom. The molecule has 1 N–H and O–H groups in total. The Bertz CT molecular complexity index is 1010. The standard InChI is InChI=1S/C21H16Cl2FNO3/c1-27-19-4-2-3-5-20(19)28-18-9-8-15(23)12-17(18)25-21(26)10-13-6-7-14(22)11-16(13)24/h2-9,11-12H,10H2,1H3,(H,25,26). The average Bonchev–Trinajstić information content (AvgIpc) is 2.66. The highest BCUT2D eigenvalue weighted by Crippen LogP contribution is 2.36. The van der Waals surface area contributed by atoms with E-state index in [4.69, 9.17) is 32.7 Å². The molecule has 0 spiro atoms. The van der Waals surface area contributed by atoms with Crippen LogP contribution >= 0.6 is 23.2 Å². The van der Waals surface area contributed by atoms with Gasteiger partial charge in [0.05, 0.1) is 19.2 Å². The fourth-order valence-electron chi connectivity index (χ4n) is 2.54. The van der Waals surface area contributed by atoms with Gasteiger partial charge in [0.2, 0.25) is 5.91 Å². The largest absolute Gasteiger partial charge is 0.493 e. The predicted octanol–water partition coefficient (Wildman–Crippen LogP) is 6.11. The zero-order chi connectivity index (χ0) is 20.1. The van der Waals surface area contributed by atoms with E-state index < -0.39 is 11.7 Å². The third-order valence-corrected chi connectivity index (χ3v) is 4.34. The van der Waals surface area contributed by atoms with Crippen molar-refractivity contribution in [2.24, 2.45) is 0 Å². The van der Waals surface area contributed by atoms with E-state index in [1.807, 2.05) is 6.07 Å². The molecule has 0 aliphatic heterocycles. The quantitative estimate of drug-likeness (QED) is 0.523. The fourth-order valence-corrected chi connectivity index (χ4v) is 2.87. The molecule has 3 rings (SSSR count). The van der Waals surface area contributed by atoms with Crippen molar-refractivity contribution < 1.29 is 18.7 Å². The number of para-hydroxylation sites is 2. The van der Waals surface area contributed by atoms with Crippen molar-refractivity contribution in [1.82, 2.24) is 0 Å². The van der Waals surface area contributed by atoms with Crippen molar-refractivity contribution in [2.75, 3.05) is 12.4 Å². The van der Waals surface area contributed by atoms with E-state index in [0.717, 1.165) is 0 Å². The normalized spacial score (nSPS) is 10.4. The second kappa shape index (κ2) is 8.95. The van der Waals surface area contributed by atoms with E-state index in [-0.39, 0.29) is 17.0 Å². The first-order chi connectivity index (χ1) is 13.5. The Balaban J connectivity index is 1.81. The molecule has 1 amide bonds. The molecule has 0 fully saturated rings. The third-order valence-electron chi connectivity index (χ3n) is 3.87. The maximum Gasteiger partial charge on any atom is 0.229 e. The van der Waals surface area contributed by atoms with Gasteiger partial charge in [0.25, 0.3) is 0 Å². The minimum absolute atomic E-state index is 0.163. The summed E-state index contributed by atoms with van der Waals surface area (Å²) >= 11 is 11.8. The number of carbonyl (C=O) groups excluding carboxylic acids is 1. The Labute approximate surface area is 171 Å². The van der Waals surface area contributed by atoms with Crippen LogP contribution in [0, 0.1) is 5.82 Å². The summed E-state index contributed by atoms with van der Waals surface area (Å²) in [5.41, 5.74) is 0.592. The molecule has 3 aromatic rings. The zero-order valence-electron chi connectivity index (χ0n) is 14.8. The molecule has 0 aromatic heterocycles. The minimum atomic E-state index is -0.542. The van der Waals surface area contributed by atoms with Gasteiger partial charge in [-0.2, -0.15) is 0 Å².